The molecule has 0 amide bonds. The van der Waals surface area contributed by atoms with Gasteiger partial charge in [0.2, 0.25) is 0 Å². The molecule has 2 heterocycles. The van der Waals surface area contributed by atoms with Crippen LogP contribution in [0.1, 0.15) is 35.3 Å². The molecule has 3 heteroatoms. The van der Waals surface area contributed by atoms with Crippen molar-refractivity contribution in [3.05, 3.63) is 65.5 Å². The Balaban J connectivity index is 1.74. The van der Waals surface area contributed by atoms with Crippen molar-refractivity contribution < 1.29 is 0 Å². The second-order valence-corrected chi connectivity index (χ2v) is 4.79. The zero-order chi connectivity index (χ0) is 12.4. The monoisotopic (exact) mass is 239 g/mol. The van der Waals surface area contributed by atoms with Gasteiger partial charge in [0, 0.05) is 12.2 Å². The fraction of sp³-hybridized carbons (Fsp3) is 0.267. The quantitative estimate of drug-likeness (QED) is 0.846. The van der Waals surface area contributed by atoms with Gasteiger partial charge in [0.25, 0.3) is 0 Å². The van der Waals surface area contributed by atoms with Crippen LogP contribution in [0.2, 0.25) is 0 Å². The molecule has 0 bridgehead atoms. The minimum Gasteiger partial charge on any atom is -0.260 e. The highest BCUT2D eigenvalue weighted by molar-refractivity contribution is 5.25. The highest BCUT2D eigenvalue weighted by Gasteiger charge is 2.26. The minimum atomic E-state index is 0.289. The molecular formula is C15H17N3. The Hall–Kier alpha value is -1.71. The van der Waals surface area contributed by atoms with Crippen molar-refractivity contribution in [3.63, 3.8) is 0 Å². The maximum absolute atomic E-state index is 4.40. The van der Waals surface area contributed by atoms with Crippen molar-refractivity contribution >= 4 is 0 Å². The lowest BCUT2D eigenvalue weighted by molar-refractivity contribution is 0.549. The lowest BCUT2D eigenvalue weighted by atomic mass is 9.99. The number of rotatable bonds is 2. The van der Waals surface area contributed by atoms with E-state index in [1.807, 2.05) is 18.3 Å². The first kappa shape index (κ1) is 11.4. The summed E-state index contributed by atoms with van der Waals surface area (Å²) in [4.78, 5) is 4.40. The molecule has 2 aromatic rings. The van der Waals surface area contributed by atoms with E-state index in [2.05, 4.69) is 53.1 Å². The number of aromatic nitrogens is 1. The number of hydrazine groups is 1. The number of aryl methyl sites for hydroxylation is 1. The Morgan fingerprint density at radius 2 is 1.78 bits per heavy atom. The molecule has 2 N–H and O–H groups in total. The van der Waals surface area contributed by atoms with Gasteiger partial charge in [-0.1, -0.05) is 35.9 Å². The second kappa shape index (κ2) is 4.88. The molecular weight excluding hydrogens is 222 g/mol. The fourth-order valence-corrected chi connectivity index (χ4v) is 2.35. The first-order chi connectivity index (χ1) is 8.83. The molecule has 2 unspecified atom stereocenters. The molecule has 0 spiro atoms. The van der Waals surface area contributed by atoms with Gasteiger partial charge in [-0.05, 0) is 31.0 Å². The molecule has 1 fully saturated rings. The van der Waals surface area contributed by atoms with Gasteiger partial charge in [-0.2, -0.15) is 0 Å². The fourth-order valence-electron chi connectivity index (χ4n) is 2.35. The largest absolute Gasteiger partial charge is 0.260 e. The Morgan fingerprint density at radius 1 is 1.00 bits per heavy atom. The van der Waals surface area contributed by atoms with Crippen molar-refractivity contribution in [3.8, 4) is 0 Å². The highest BCUT2D eigenvalue weighted by Crippen LogP contribution is 2.29. The van der Waals surface area contributed by atoms with E-state index in [1.54, 1.807) is 0 Å². The summed E-state index contributed by atoms with van der Waals surface area (Å²) in [5.74, 6) is 0. The van der Waals surface area contributed by atoms with Crippen LogP contribution in [0.5, 0.6) is 0 Å². The maximum Gasteiger partial charge on any atom is 0.0653 e. The third-order valence-electron chi connectivity index (χ3n) is 3.43. The van der Waals surface area contributed by atoms with Gasteiger partial charge in [-0.25, -0.2) is 10.9 Å². The van der Waals surface area contributed by atoms with Crippen molar-refractivity contribution in [1.29, 1.82) is 0 Å². The van der Waals surface area contributed by atoms with Gasteiger partial charge >= 0.3 is 0 Å². The number of benzene rings is 1. The number of pyridine rings is 1. The molecule has 1 aliphatic heterocycles. The number of hydrogen-bond donors (Lipinski definition) is 2. The number of nitrogens with zero attached hydrogens (tertiary/aromatic N) is 1. The summed E-state index contributed by atoms with van der Waals surface area (Å²) < 4.78 is 0. The lowest BCUT2D eigenvalue weighted by Gasteiger charge is -2.09. The molecule has 0 radical (unpaired) electrons. The second-order valence-electron chi connectivity index (χ2n) is 4.79. The van der Waals surface area contributed by atoms with E-state index in [1.165, 1.54) is 11.1 Å². The predicted molar refractivity (Wildman–Crippen MR) is 71.8 cm³/mol. The maximum atomic E-state index is 4.40. The Bertz CT molecular complexity index is 507. The molecule has 1 aromatic carbocycles. The van der Waals surface area contributed by atoms with Crippen molar-refractivity contribution in [1.82, 2.24) is 15.8 Å². The standard InChI is InChI=1S/C15H17N3/c1-11-5-7-12(8-6-11)14-10-15(18-17-14)13-4-2-3-9-16-13/h2-9,14-15,17-18H,10H2,1H3. The average molecular weight is 239 g/mol. The molecule has 3 nitrogen and oxygen atoms in total. The van der Waals surface area contributed by atoms with Crippen molar-refractivity contribution in [2.75, 3.05) is 0 Å². The van der Waals surface area contributed by atoms with Gasteiger partial charge in [0.05, 0.1) is 11.7 Å². The first-order valence-electron chi connectivity index (χ1n) is 6.31. The molecule has 92 valence electrons. The smallest absolute Gasteiger partial charge is 0.0653 e. The van der Waals surface area contributed by atoms with Crippen LogP contribution in [0.4, 0.5) is 0 Å². The number of nitrogens with one attached hydrogen (secondary N) is 2. The predicted octanol–water partition coefficient (Wildman–Crippen LogP) is 2.67. The summed E-state index contributed by atoms with van der Waals surface area (Å²) in [6.07, 6.45) is 2.87. The molecule has 1 saturated heterocycles. The Kier molecular flexibility index (Phi) is 3.09. The van der Waals surface area contributed by atoms with Gasteiger partial charge in [0.15, 0.2) is 0 Å². The average Bonchev–Trinajstić information content (AvgIpc) is 2.90. The Morgan fingerprint density at radius 3 is 2.50 bits per heavy atom. The summed E-state index contributed by atoms with van der Waals surface area (Å²) in [6, 6.07) is 15.4. The molecule has 18 heavy (non-hydrogen) atoms. The van der Waals surface area contributed by atoms with Crippen LogP contribution in [0.3, 0.4) is 0 Å². The SMILES string of the molecule is Cc1ccc(C2CC(c3ccccn3)NN2)cc1. The summed E-state index contributed by atoms with van der Waals surface area (Å²) in [5, 5.41) is 0. The zero-order valence-electron chi connectivity index (χ0n) is 10.4. The van der Waals surface area contributed by atoms with E-state index >= 15 is 0 Å². The van der Waals surface area contributed by atoms with Gasteiger partial charge in [-0.15, -0.1) is 0 Å². The summed E-state index contributed by atoms with van der Waals surface area (Å²) in [7, 11) is 0. The summed E-state index contributed by atoms with van der Waals surface area (Å²) in [6.45, 7) is 2.11. The van der Waals surface area contributed by atoms with Crippen LogP contribution < -0.4 is 10.9 Å². The van der Waals surface area contributed by atoms with Crippen molar-refractivity contribution in [2.45, 2.75) is 25.4 Å². The van der Waals surface area contributed by atoms with Crippen LogP contribution in [0.15, 0.2) is 48.7 Å². The topological polar surface area (TPSA) is 37.0 Å². The van der Waals surface area contributed by atoms with E-state index in [0.717, 1.165) is 12.1 Å². The van der Waals surface area contributed by atoms with Crippen LogP contribution in [-0.4, -0.2) is 4.98 Å². The summed E-state index contributed by atoms with van der Waals surface area (Å²) in [5.41, 5.74) is 10.4. The normalized spacial score (nSPS) is 23.2. The third-order valence-corrected chi connectivity index (χ3v) is 3.43. The van der Waals surface area contributed by atoms with E-state index < -0.39 is 0 Å². The van der Waals surface area contributed by atoms with Gasteiger partial charge in [-0.3, -0.25) is 4.98 Å². The molecule has 1 aromatic heterocycles. The van der Waals surface area contributed by atoms with Crippen LogP contribution in [-0.2, 0) is 0 Å². The number of hydrogen-bond acceptors (Lipinski definition) is 3. The zero-order valence-corrected chi connectivity index (χ0v) is 10.4. The molecule has 0 aliphatic carbocycles. The van der Waals surface area contributed by atoms with E-state index in [4.69, 9.17) is 0 Å². The third kappa shape index (κ3) is 2.28. The van der Waals surface area contributed by atoms with Gasteiger partial charge in [0.1, 0.15) is 0 Å². The molecule has 1 aliphatic rings. The van der Waals surface area contributed by atoms with Crippen LogP contribution in [0.25, 0.3) is 0 Å². The van der Waals surface area contributed by atoms with Crippen molar-refractivity contribution in [2.24, 2.45) is 0 Å². The summed E-state index contributed by atoms with van der Waals surface area (Å²) >= 11 is 0. The first-order valence-corrected chi connectivity index (χ1v) is 6.31. The Labute approximate surface area is 107 Å². The highest BCUT2D eigenvalue weighted by atomic mass is 15.4. The molecule has 2 atom stereocenters. The molecule has 0 saturated carbocycles. The van der Waals surface area contributed by atoms with E-state index in [0.29, 0.717) is 6.04 Å². The van der Waals surface area contributed by atoms with E-state index in [9.17, 15) is 0 Å². The lowest BCUT2D eigenvalue weighted by Crippen LogP contribution is -2.27. The van der Waals surface area contributed by atoms with Crippen LogP contribution >= 0.6 is 0 Å². The minimum absolute atomic E-state index is 0.289. The van der Waals surface area contributed by atoms with E-state index in [-0.39, 0.29) is 6.04 Å². The van der Waals surface area contributed by atoms with Gasteiger partial charge < -0.3 is 0 Å². The molecule has 3 rings (SSSR count). The van der Waals surface area contributed by atoms with Crippen LogP contribution in [0, 0.1) is 6.92 Å².